The molecule has 5 nitrogen and oxygen atoms in total. The summed E-state index contributed by atoms with van der Waals surface area (Å²) in [5.74, 6) is -2.02. The number of benzene rings is 2. The van der Waals surface area contributed by atoms with Crippen LogP contribution < -0.4 is 10.6 Å². The lowest BCUT2D eigenvalue weighted by atomic mass is 10.1. The van der Waals surface area contributed by atoms with Crippen LogP contribution in [0, 0.1) is 25.5 Å². The predicted molar refractivity (Wildman–Crippen MR) is 109 cm³/mol. The summed E-state index contributed by atoms with van der Waals surface area (Å²) < 4.78 is 26.6. The van der Waals surface area contributed by atoms with E-state index in [9.17, 15) is 18.4 Å². The molecule has 0 atom stereocenters. The van der Waals surface area contributed by atoms with E-state index in [1.807, 2.05) is 36.9 Å². The van der Waals surface area contributed by atoms with Crippen LogP contribution >= 0.6 is 0 Å². The van der Waals surface area contributed by atoms with E-state index < -0.39 is 11.6 Å². The summed E-state index contributed by atoms with van der Waals surface area (Å²) in [5.41, 5.74) is 2.79. The highest BCUT2D eigenvalue weighted by Gasteiger charge is 2.30. The van der Waals surface area contributed by atoms with Crippen molar-refractivity contribution in [3.05, 3.63) is 59.2 Å². The van der Waals surface area contributed by atoms with Gasteiger partial charge in [0, 0.05) is 30.8 Å². The van der Waals surface area contributed by atoms with Gasteiger partial charge in [-0.1, -0.05) is 12.1 Å². The molecule has 1 fully saturated rings. The fourth-order valence-electron chi connectivity index (χ4n) is 3.12. The van der Waals surface area contributed by atoms with Gasteiger partial charge in [0.15, 0.2) is 0 Å². The predicted octanol–water partition coefficient (Wildman–Crippen LogP) is 4.01. The molecule has 0 heterocycles. The molecule has 7 heteroatoms. The zero-order valence-electron chi connectivity index (χ0n) is 16.6. The van der Waals surface area contributed by atoms with Crippen molar-refractivity contribution in [2.75, 3.05) is 23.7 Å². The van der Waals surface area contributed by atoms with Gasteiger partial charge in [-0.2, -0.15) is 0 Å². The molecule has 2 N–H and O–H groups in total. The van der Waals surface area contributed by atoms with Crippen LogP contribution in [0.1, 0.15) is 30.4 Å². The maximum Gasteiger partial charge on any atom is 0.238 e. The van der Waals surface area contributed by atoms with Gasteiger partial charge in [0.25, 0.3) is 0 Å². The van der Waals surface area contributed by atoms with Gasteiger partial charge in [-0.15, -0.1) is 0 Å². The fraction of sp³-hybridized carbons (Fsp3) is 0.364. The molecule has 1 aliphatic rings. The minimum Gasteiger partial charge on any atom is -0.325 e. The van der Waals surface area contributed by atoms with Crippen molar-refractivity contribution in [3.63, 3.8) is 0 Å². The van der Waals surface area contributed by atoms with Gasteiger partial charge in [-0.3, -0.25) is 14.5 Å². The van der Waals surface area contributed by atoms with Crippen LogP contribution in [0.2, 0.25) is 0 Å². The molecule has 0 radical (unpaired) electrons. The van der Waals surface area contributed by atoms with E-state index in [0.717, 1.165) is 41.8 Å². The first-order valence-corrected chi connectivity index (χ1v) is 9.68. The third kappa shape index (κ3) is 6.09. The molecule has 2 amide bonds. The number of aryl methyl sites for hydroxylation is 2. The Labute approximate surface area is 169 Å². The van der Waals surface area contributed by atoms with Crippen molar-refractivity contribution in [1.29, 1.82) is 0 Å². The summed E-state index contributed by atoms with van der Waals surface area (Å²) in [4.78, 5) is 26.6. The maximum atomic E-state index is 13.7. The maximum absolute atomic E-state index is 13.7. The minimum atomic E-state index is -0.815. The van der Waals surface area contributed by atoms with Crippen LogP contribution in [0.25, 0.3) is 0 Å². The van der Waals surface area contributed by atoms with Gasteiger partial charge in [-0.05, 0) is 56.0 Å². The molecule has 0 bridgehead atoms. The second-order valence-electron chi connectivity index (χ2n) is 7.49. The largest absolute Gasteiger partial charge is 0.325 e. The minimum absolute atomic E-state index is 0.0537. The van der Waals surface area contributed by atoms with E-state index in [1.165, 1.54) is 6.07 Å². The quantitative estimate of drug-likeness (QED) is 0.703. The topological polar surface area (TPSA) is 61.4 Å². The fourth-order valence-corrected chi connectivity index (χ4v) is 3.12. The van der Waals surface area contributed by atoms with Crippen molar-refractivity contribution in [1.82, 2.24) is 4.90 Å². The summed E-state index contributed by atoms with van der Waals surface area (Å²) in [6, 6.07) is 9.18. The van der Waals surface area contributed by atoms with Crippen LogP contribution in [0.4, 0.5) is 20.2 Å². The lowest BCUT2D eigenvalue weighted by Gasteiger charge is -2.21. The first-order chi connectivity index (χ1) is 13.8. The standard InChI is InChI=1S/C22H25F2N3O2/c1-14-3-4-15(2)20(11-14)26-22(29)13-27(17-6-7-17)10-9-21(28)25-19-8-5-16(23)12-18(19)24/h3-5,8,11-12,17H,6-7,9-10,13H2,1-2H3,(H,25,28)(H,26,29). The molecule has 3 rings (SSSR count). The monoisotopic (exact) mass is 401 g/mol. The van der Waals surface area contributed by atoms with Crippen LogP contribution in [0.15, 0.2) is 36.4 Å². The van der Waals surface area contributed by atoms with E-state index in [2.05, 4.69) is 10.6 Å². The highest BCUT2D eigenvalue weighted by Crippen LogP contribution is 2.27. The molecule has 1 saturated carbocycles. The van der Waals surface area contributed by atoms with Gasteiger partial charge < -0.3 is 10.6 Å². The number of carbonyl (C=O) groups is 2. The van der Waals surface area contributed by atoms with Crippen molar-refractivity contribution < 1.29 is 18.4 Å². The Bertz CT molecular complexity index is 913. The number of rotatable bonds is 8. The lowest BCUT2D eigenvalue weighted by Crippen LogP contribution is -2.37. The summed E-state index contributed by atoms with van der Waals surface area (Å²) in [5, 5.41) is 5.39. The van der Waals surface area contributed by atoms with Crippen molar-refractivity contribution >= 4 is 23.2 Å². The molecule has 0 aliphatic heterocycles. The van der Waals surface area contributed by atoms with E-state index >= 15 is 0 Å². The molecular formula is C22H25F2N3O2. The number of hydrogen-bond acceptors (Lipinski definition) is 3. The number of halogens is 2. The molecule has 0 spiro atoms. The molecule has 1 aliphatic carbocycles. The normalized spacial score (nSPS) is 13.4. The molecule has 0 saturated heterocycles. The molecule has 0 aromatic heterocycles. The summed E-state index contributed by atoms with van der Waals surface area (Å²) >= 11 is 0. The van der Waals surface area contributed by atoms with Gasteiger partial charge in [0.05, 0.1) is 12.2 Å². The molecule has 154 valence electrons. The third-order valence-corrected chi connectivity index (χ3v) is 4.91. The SMILES string of the molecule is Cc1ccc(C)c(NC(=O)CN(CCC(=O)Nc2ccc(F)cc2F)C2CC2)c1. The second-order valence-corrected chi connectivity index (χ2v) is 7.49. The smallest absolute Gasteiger partial charge is 0.238 e. The molecular weight excluding hydrogens is 376 g/mol. The Morgan fingerprint density at radius 1 is 1.00 bits per heavy atom. The number of nitrogens with one attached hydrogen (secondary N) is 2. The number of hydrogen-bond donors (Lipinski definition) is 2. The highest BCUT2D eigenvalue weighted by atomic mass is 19.1. The summed E-state index contributed by atoms with van der Waals surface area (Å²) in [7, 11) is 0. The number of anilines is 2. The Morgan fingerprint density at radius 3 is 2.41 bits per heavy atom. The van der Waals surface area contributed by atoms with E-state index in [4.69, 9.17) is 0 Å². The van der Waals surface area contributed by atoms with Gasteiger partial charge in [0.2, 0.25) is 11.8 Å². The van der Waals surface area contributed by atoms with Gasteiger partial charge in [0.1, 0.15) is 11.6 Å². The highest BCUT2D eigenvalue weighted by molar-refractivity contribution is 5.93. The summed E-state index contributed by atoms with van der Waals surface area (Å²) in [6.07, 6.45) is 2.10. The first-order valence-electron chi connectivity index (χ1n) is 9.68. The Kier molecular flexibility index (Phi) is 6.59. The van der Waals surface area contributed by atoms with Crippen LogP contribution in [-0.2, 0) is 9.59 Å². The van der Waals surface area contributed by atoms with E-state index in [-0.39, 0.29) is 36.5 Å². The Hall–Kier alpha value is -2.80. The van der Waals surface area contributed by atoms with Crippen LogP contribution in [0.3, 0.4) is 0 Å². The first kappa shape index (κ1) is 20.9. The van der Waals surface area contributed by atoms with Crippen molar-refractivity contribution in [2.24, 2.45) is 0 Å². The second kappa shape index (κ2) is 9.13. The van der Waals surface area contributed by atoms with E-state index in [0.29, 0.717) is 6.54 Å². The number of amides is 2. The molecule has 2 aromatic carbocycles. The summed E-state index contributed by atoms with van der Waals surface area (Å²) in [6.45, 7) is 4.48. The van der Waals surface area contributed by atoms with Gasteiger partial charge >= 0.3 is 0 Å². The Balaban J connectivity index is 1.53. The average Bonchev–Trinajstić information content (AvgIpc) is 3.49. The van der Waals surface area contributed by atoms with Crippen molar-refractivity contribution in [2.45, 2.75) is 39.2 Å². The average molecular weight is 401 g/mol. The number of nitrogens with zero attached hydrogens (tertiary/aromatic N) is 1. The molecule has 0 unspecified atom stereocenters. The lowest BCUT2D eigenvalue weighted by molar-refractivity contribution is -0.119. The van der Waals surface area contributed by atoms with Gasteiger partial charge in [-0.25, -0.2) is 8.78 Å². The molecule has 2 aromatic rings. The van der Waals surface area contributed by atoms with Crippen LogP contribution in [-0.4, -0.2) is 35.8 Å². The zero-order chi connectivity index (χ0) is 21.0. The van der Waals surface area contributed by atoms with Crippen LogP contribution in [0.5, 0.6) is 0 Å². The Morgan fingerprint density at radius 2 is 1.72 bits per heavy atom. The zero-order valence-corrected chi connectivity index (χ0v) is 16.6. The number of carbonyl (C=O) groups excluding carboxylic acids is 2. The third-order valence-electron chi connectivity index (χ3n) is 4.91. The van der Waals surface area contributed by atoms with Crippen molar-refractivity contribution in [3.8, 4) is 0 Å². The van der Waals surface area contributed by atoms with E-state index in [1.54, 1.807) is 0 Å². The molecule has 29 heavy (non-hydrogen) atoms.